The van der Waals surface area contributed by atoms with Crippen LogP contribution < -0.4 is 10.2 Å². The van der Waals surface area contributed by atoms with Crippen LogP contribution >= 0.6 is 0 Å². The summed E-state index contributed by atoms with van der Waals surface area (Å²) in [5.41, 5.74) is 3.09. The van der Waals surface area contributed by atoms with Gasteiger partial charge in [-0.3, -0.25) is 0 Å². The van der Waals surface area contributed by atoms with Crippen molar-refractivity contribution >= 4 is 5.69 Å². The lowest BCUT2D eigenvalue weighted by molar-refractivity contribution is 0.344. The maximum Gasteiger partial charge on any atom is 0.0401 e. The van der Waals surface area contributed by atoms with E-state index in [2.05, 4.69) is 41.5 Å². The van der Waals surface area contributed by atoms with Crippen LogP contribution in [0.25, 0.3) is 0 Å². The van der Waals surface area contributed by atoms with Gasteiger partial charge in [0.15, 0.2) is 0 Å². The molecule has 1 saturated carbocycles. The van der Waals surface area contributed by atoms with E-state index in [1.165, 1.54) is 57.2 Å². The van der Waals surface area contributed by atoms with Crippen molar-refractivity contribution in [3.8, 4) is 0 Å². The minimum atomic E-state index is 0.749. The summed E-state index contributed by atoms with van der Waals surface area (Å²) in [4.78, 5) is 2.72. The van der Waals surface area contributed by atoms with E-state index in [1.807, 2.05) is 0 Å². The number of para-hydroxylation sites is 1. The summed E-state index contributed by atoms with van der Waals surface area (Å²) in [5, 5.41) is 3.44. The lowest BCUT2D eigenvalue weighted by Crippen LogP contribution is -2.42. The maximum absolute atomic E-state index is 3.44. The molecule has 1 aliphatic heterocycles. The summed E-state index contributed by atoms with van der Waals surface area (Å²) in [7, 11) is 2.10. The van der Waals surface area contributed by atoms with E-state index in [1.54, 1.807) is 5.56 Å². The second-order valence-electron chi connectivity index (χ2n) is 6.07. The fourth-order valence-electron chi connectivity index (χ4n) is 3.78. The Morgan fingerprint density at radius 1 is 1.05 bits per heavy atom. The molecule has 19 heavy (non-hydrogen) atoms. The Kier molecular flexibility index (Phi) is 4.07. The lowest BCUT2D eigenvalue weighted by atomic mass is 9.89. The van der Waals surface area contributed by atoms with Crippen LogP contribution in [0.2, 0.25) is 0 Å². The van der Waals surface area contributed by atoms with Gasteiger partial charge >= 0.3 is 0 Å². The van der Waals surface area contributed by atoms with Gasteiger partial charge in [-0.2, -0.15) is 0 Å². The number of nitrogens with one attached hydrogen (secondary N) is 1. The number of rotatable bonds is 2. The highest BCUT2D eigenvalue weighted by atomic mass is 15.2. The van der Waals surface area contributed by atoms with Crippen LogP contribution in [0.1, 0.15) is 44.1 Å². The van der Waals surface area contributed by atoms with Crippen molar-refractivity contribution in [3.63, 3.8) is 0 Å². The zero-order valence-electron chi connectivity index (χ0n) is 12.1. The highest BCUT2D eigenvalue weighted by Gasteiger charge is 2.27. The van der Waals surface area contributed by atoms with E-state index in [4.69, 9.17) is 0 Å². The molecule has 104 valence electrons. The Hall–Kier alpha value is -1.02. The van der Waals surface area contributed by atoms with E-state index >= 15 is 0 Å². The molecule has 2 aliphatic rings. The molecule has 3 rings (SSSR count). The van der Waals surface area contributed by atoms with Crippen LogP contribution in [0.5, 0.6) is 0 Å². The number of nitrogens with zero attached hydrogens (tertiary/aromatic N) is 1. The molecule has 0 bridgehead atoms. The van der Waals surface area contributed by atoms with E-state index in [9.17, 15) is 0 Å². The summed E-state index contributed by atoms with van der Waals surface area (Å²) in [6.45, 7) is 1.26. The first-order chi connectivity index (χ1) is 9.38. The van der Waals surface area contributed by atoms with Gasteiger partial charge in [-0.25, -0.2) is 0 Å². The van der Waals surface area contributed by atoms with E-state index < -0.39 is 0 Å². The Bertz CT molecular complexity index is 407. The number of hydrogen-bond acceptors (Lipinski definition) is 2. The van der Waals surface area contributed by atoms with Crippen LogP contribution in [0.3, 0.4) is 0 Å². The van der Waals surface area contributed by atoms with Crippen molar-refractivity contribution < 1.29 is 0 Å². The zero-order valence-corrected chi connectivity index (χ0v) is 12.1. The summed E-state index contributed by atoms with van der Waals surface area (Å²) >= 11 is 0. The summed E-state index contributed by atoms with van der Waals surface area (Å²) in [6, 6.07) is 10.6. The summed E-state index contributed by atoms with van der Waals surface area (Å²) in [6.07, 6.45) is 9.32. The summed E-state index contributed by atoms with van der Waals surface area (Å²) < 4.78 is 0. The lowest BCUT2D eigenvalue weighted by Gasteiger charge is -2.38. The Morgan fingerprint density at radius 2 is 1.84 bits per heavy atom. The fourth-order valence-corrected chi connectivity index (χ4v) is 3.78. The van der Waals surface area contributed by atoms with Crippen LogP contribution in [-0.4, -0.2) is 25.7 Å². The van der Waals surface area contributed by atoms with Crippen LogP contribution in [0.15, 0.2) is 24.3 Å². The molecule has 1 aromatic rings. The maximum atomic E-state index is 3.44. The van der Waals surface area contributed by atoms with Crippen LogP contribution in [0, 0.1) is 0 Å². The standard InChI is InChI=1S/C17H26N2/c1-18-15-9-11-16(12-10-15)19-13-5-4-7-14-6-2-3-8-17(14)19/h2-3,6,8,15-16,18H,4-5,7,9-13H2,1H3. The smallest absolute Gasteiger partial charge is 0.0401 e. The molecule has 1 aromatic carbocycles. The average Bonchev–Trinajstić information content (AvgIpc) is 2.70. The van der Waals surface area contributed by atoms with Gasteiger partial charge in [0.05, 0.1) is 0 Å². The van der Waals surface area contributed by atoms with Crippen molar-refractivity contribution in [1.29, 1.82) is 0 Å². The van der Waals surface area contributed by atoms with Gasteiger partial charge in [-0.1, -0.05) is 18.2 Å². The highest BCUT2D eigenvalue weighted by Crippen LogP contribution is 2.32. The predicted octanol–water partition coefficient (Wildman–Crippen LogP) is 3.36. The average molecular weight is 258 g/mol. The van der Waals surface area contributed by atoms with Crippen molar-refractivity contribution in [2.45, 2.75) is 57.0 Å². The Morgan fingerprint density at radius 3 is 2.63 bits per heavy atom. The first kappa shape index (κ1) is 13.0. The summed E-state index contributed by atoms with van der Waals surface area (Å²) in [5.74, 6) is 0. The quantitative estimate of drug-likeness (QED) is 0.875. The molecule has 0 radical (unpaired) electrons. The second kappa shape index (κ2) is 5.96. The van der Waals surface area contributed by atoms with Gasteiger partial charge in [0.1, 0.15) is 0 Å². The molecule has 0 aromatic heterocycles. The predicted molar refractivity (Wildman–Crippen MR) is 81.8 cm³/mol. The van der Waals surface area contributed by atoms with Gasteiger partial charge in [0, 0.05) is 24.3 Å². The highest BCUT2D eigenvalue weighted by molar-refractivity contribution is 5.55. The monoisotopic (exact) mass is 258 g/mol. The molecule has 1 aliphatic carbocycles. The molecule has 0 unspecified atom stereocenters. The largest absolute Gasteiger partial charge is 0.368 e. The molecule has 2 heteroatoms. The second-order valence-corrected chi connectivity index (χ2v) is 6.07. The topological polar surface area (TPSA) is 15.3 Å². The first-order valence-corrected chi connectivity index (χ1v) is 7.90. The number of hydrogen-bond donors (Lipinski definition) is 1. The molecule has 2 nitrogen and oxygen atoms in total. The molecular weight excluding hydrogens is 232 g/mol. The minimum absolute atomic E-state index is 0.749. The zero-order chi connectivity index (χ0) is 13.1. The van der Waals surface area contributed by atoms with Crippen LogP contribution in [0.4, 0.5) is 5.69 Å². The number of anilines is 1. The molecule has 0 saturated heterocycles. The fraction of sp³-hybridized carbons (Fsp3) is 0.647. The van der Waals surface area contributed by atoms with Crippen molar-refractivity contribution in [3.05, 3.63) is 29.8 Å². The number of benzene rings is 1. The van der Waals surface area contributed by atoms with E-state index in [0.29, 0.717) is 0 Å². The molecule has 0 spiro atoms. The molecule has 0 amide bonds. The molecular formula is C17H26N2. The third kappa shape index (κ3) is 2.79. The SMILES string of the molecule is CNC1CCC(N2CCCCc3ccccc32)CC1. The van der Waals surface area contributed by atoms with E-state index in [0.717, 1.165) is 12.1 Å². The Labute approximate surface area is 117 Å². The number of aryl methyl sites for hydroxylation is 1. The van der Waals surface area contributed by atoms with Crippen molar-refractivity contribution in [2.24, 2.45) is 0 Å². The Balaban J connectivity index is 1.77. The van der Waals surface area contributed by atoms with Gasteiger partial charge in [0.2, 0.25) is 0 Å². The normalized spacial score (nSPS) is 27.7. The first-order valence-electron chi connectivity index (χ1n) is 7.90. The third-order valence-corrected chi connectivity index (χ3v) is 4.94. The van der Waals surface area contributed by atoms with Crippen LogP contribution in [-0.2, 0) is 6.42 Å². The molecule has 1 fully saturated rings. The van der Waals surface area contributed by atoms with Crippen molar-refractivity contribution in [1.82, 2.24) is 5.32 Å². The molecule has 1 N–H and O–H groups in total. The van der Waals surface area contributed by atoms with E-state index in [-0.39, 0.29) is 0 Å². The minimum Gasteiger partial charge on any atom is -0.368 e. The van der Waals surface area contributed by atoms with Gasteiger partial charge in [0.25, 0.3) is 0 Å². The molecule has 1 heterocycles. The van der Waals surface area contributed by atoms with Crippen molar-refractivity contribution in [2.75, 3.05) is 18.5 Å². The van der Waals surface area contributed by atoms with Gasteiger partial charge in [-0.05, 0) is 63.6 Å². The third-order valence-electron chi connectivity index (χ3n) is 4.94. The van der Waals surface area contributed by atoms with Gasteiger partial charge in [-0.15, -0.1) is 0 Å². The van der Waals surface area contributed by atoms with Gasteiger partial charge < -0.3 is 10.2 Å². The molecule has 0 atom stereocenters. The number of fused-ring (bicyclic) bond motifs is 1.